The molecule has 3 atom stereocenters. The zero-order valence-corrected chi connectivity index (χ0v) is 21.3. The third-order valence-electron chi connectivity index (χ3n) is 7.36. The molecule has 9 nitrogen and oxygen atoms in total. The Kier molecular flexibility index (Phi) is 7.32. The van der Waals surface area contributed by atoms with Crippen molar-refractivity contribution in [2.75, 3.05) is 30.8 Å². The average Bonchev–Trinajstić information content (AvgIpc) is 3.71. The largest absolute Gasteiger partial charge is 0.490 e. The van der Waals surface area contributed by atoms with Crippen LogP contribution in [0.3, 0.4) is 0 Å². The van der Waals surface area contributed by atoms with E-state index in [0.29, 0.717) is 41.4 Å². The number of hydrogen-bond donors (Lipinski definition) is 3. The van der Waals surface area contributed by atoms with Gasteiger partial charge in [-0.25, -0.2) is 4.79 Å². The molecule has 2 aromatic carbocycles. The number of urea groups is 1. The number of amides is 4. The van der Waals surface area contributed by atoms with Gasteiger partial charge < -0.3 is 30.3 Å². The number of benzene rings is 2. The van der Waals surface area contributed by atoms with Crippen LogP contribution in [0.5, 0.6) is 5.75 Å². The molecule has 2 aromatic rings. The molecule has 0 aromatic heterocycles. The van der Waals surface area contributed by atoms with Crippen LogP contribution in [0.4, 0.5) is 16.2 Å². The van der Waals surface area contributed by atoms with Gasteiger partial charge >= 0.3 is 6.03 Å². The van der Waals surface area contributed by atoms with Gasteiger partial charge in [-0.3, -0.25) is 9.59 Å². The van der Waals surface area contributed by atoms with E-state index in [1.54, 1.807) is 30.1 Å². The van der Waals surface area contributed by atoms with Gasteiger partial charge in [-0.2, -0.15) is 0 Å². The Morgan fingerprint density at radius 2 is 1.86 bits per heavy atom. The minimum Gasteiger partial charge on any atom is -0.490 e. The first-order chi connectivity index (χ1) is 17.9. The number of ether oxygens (including phenoxy) is 2. The van der Waals surface area contributed by atoms with Crippen LogP contribution in [0.25, 0.3) is 0 Å². The minimum atomic E-state index is -0.394. The van der Waals surface area contributed by atoms with Gasteiger partial charge in [0.2, 0.25) is 5.91 Å². The molecular weight excluding hydrogens is 472 g/mol. The molecule has 3 aliphatic rings. The average molecular weight is 507 g/mol. The molecule has 1 aliphatic carbocycles. The monoisotopic (exact) mass is 506 g/mol. The van der Waals surface area contributed by atoms with Crippen molar-refractivity contribution in [3.8, 4) is 5.75 Å². The molecule has 1 saturated carbocycles. The smallest absolute Gasteiger partial charge is 0.323 e. The maximum atomic E-state index is 13.4. The fourth-order valence-corrected chi connectivity index (χ4v) is 4.96. The van der Waals surface area contributed by atoms with Gasteiger partial charge in [0, 0.05) is 25.0 Å². The van der Waals surface area contributed by atoms with Crippen molar-refractivity contribution < 1.29 is 23.9 Å². The lowest BCUT2D eigenvalue weighted by Gasteiger charge is -2.42. The van der Waals surface area contributed by atoms with Gasteiger partial charge in [-0.15, -0.1) is 0 Å². The van der Waals surface area contributed by atoms with E-state index in [2.05, 4.69) is 16.0 Å². The highest BCUT2D eigenvalue weighted by Crippen LogP contribution is 2.33. The number of carbonyl (C=O) groups is 3. The maximum Gasteiger partial charge on any atom is 0.323 e. The Morgan fingerprint density at radius 1 is 1.05 bits per heavy atom. The lowest BCUT2D eigenvalue weighted by molar-refractivity contribution is -0.134. The molecule has 1 saturated heterocycles. The van der Waals surface area contributed by atoms with E-state index in [1.807, 2.05) is 31.2 Å². The number of carbonyl (C=O) groups excluding carboxylic acids is 3. The van der Waals surface area contributed by atoms with Crippen molar-refractivity contribution in [1.29, 1.82) is 0 Å². The first kappa shape index (κ1) is 25.1. The number of nitrogens with zero attached hydrogens (tertiary/aromatic N) is 1. The third-order valence-corrected chi connectivity index (χ3v) is 7.36. The third kappa shape index (κ3) is 6.05. The van der Waals surface area contributed by atoms with E-state index in [-0.39, 0.29) is 36.7 Å². The zero-order valence-electron chi connectivity index (χ0n) is 21.3. The van der Waals surface area contributed by atoms with Crippen LogP contribution >= 0.6 is 0 Å². The van der Waals surface area contributed by atoms with Gasteiger partial charge in [0.15, 0.2) is 0 Å². The van der Waals surface area contributed by atoms with Crippen molar-refractivity contribution in [3.63, 3.8) is 0 Å². The van der Waals surface area contributed by atoms with Crippen LogP contribution < -0.4 is 20.7 Å². The molecule has 0 spiro atoms. The van der Waals surface area contributed by atoms with Crippen LogP contribution in [-0.2, 0) is 9.53 Å². The lowest BCUT2D eigenvalue weighted by atomic mass is 9.94. The number of aryl methyl sites for hydroxylation is 1. The molecule has 37 heavy (non-hydrogen) atoms. The maximum absolute atomic E-state index is 13.4. The Balaban J connectivity index is 1.23. The van der Waals surface area contributed by atoms with E-state index in [4.69, 9.17) is 9.47 Å². The molecule has 2 heterocycles. The van der Waals surface area contributed by atoms with E-state index < -0.39 is 6.03 Å². The second-order valence-corrected chi connectivity index (χ2v) is 10.2. The fourth-order valence-electron chi connectivity index (χ4n) is 4.96. The summed E-state index contributed by atoms with van der Waals surface area (Å²) < 4.78 is 12.3. The van der Waals surface area contributed by atoms with Gasteiger partial charge in [-0.05, 0) is 68.4 Å². The molecule has 0 bridgehead atoms. The van der Waals surface area contributed by atoms with E-state index in [0.717, 1.165) is 18.5 Å². The van der Waals surface area contributed by atoms with E-state index >= 15 is 0 Å². The van der Waals surface area contributed by atoms with Gasteiger partial charge in [0.05, 0.1) is 24.1 Å². The summed E-state index contributed by atoms with van der Waals surface area (Å²) in [5, 5.41) is 8.63. The van der Waals surface area contributed by atoms with Crippen LogP contribution in [0.15, 0.2) is 42.5 Å². The van der Waals surface area contributed by atoms with Gasteiger partial charge in [0.25, 0.3) is 5.91 Å². The van der Waals surface area contributed by atoms with Crippen molar-refractivity contribution in [1.82, 2.24) is 10.2 Å². The summed E-state index contributed by atoms with van der Waals surface area (Å²) in [6, 6.07) is 12.0. The standard InChI is InChI=1S/C28H34N4O5/c1-17-5-3-4-6-22(17)31-28(35)30-19-9-12-24-21(13-19)27(34)32(2)23-11-10-20(37-25(23)16-36-24)14-26(33)29-15-18-7-8-18/h3-6,9,12-13,18,20,23,25H,7-8,10-11,14-16H2,1-2H3,(H,29,33)(H2,30,31,35)/t20-,23+,25+/m0/s1. The van der Waals surface area contributed by atoms with E-state index in [1.165, 1.54) is 12.8 Å². The Labute approximate surface area is 216 Å². The quantitative estimate of drug-likeness (QED) is 0.550. The van der Waals surface area contributed by atoms with Crippen molar-refractivity contribution in [2.45, 2.75) is 57.3 Å². The predicted molar refractivity (Wildman–Crippen MR) is 140 cm³/mol. The molecule has 0 radical (unpaired) electrons. The predicted octanol–water partition coefficient (Wildman–Crippen LogP) is 3.94. The number of nitrogens with one attached hydrogen (secondary N) is 3. The second kappa shape index (κ2) is 10.8. The molecule has 3 N–H and O–H groups in total. The van der Waals surface area contributed by atoms with Gasteiger partial charge in [-0.1, -0.05) is 18.2 Å². The van der Waals surface area contributed by atoms with Crippen LogP contribution in [-0.4, -0.2) is 61.2 Å². The summed E-state index contributed by atoms with van der Waals surface area (Å²) in [5.41, 5.74) is 2.54. The summed E-state index contributed by atoms with van der Waals surface area (Å²) in [7, 11) is 1.77. The molecular formula is C28H34N4O5. The summed E-state index contributed by atoms with van der Waals surface area (Å²) in [5.74, 6) is 0.894. The fraction of sp³-hybridized carbons (Fsp3) is 0.464. The minimum absolute atomic E-state index is 0.0170. The van der Waals surface area contributed by atoms with Crippen molar-refractivity contribution >= 4 is 29.2 Å². The number of anilines is 2. The summed E-state index contributed by atoms with van der Waals surface area (Å²) in [6.07, 6.45) is 3.62. The number of likely N-dealkylation sites (N-methyl/N-ethyl adjacent to an activating group) is 1. The molecule has 2 aliphatic heterocycles. The molecule has 9 heteroatoms. The Bertz CT molecular complexity index is 1180. The number of hydrogen-bond acceptors (Lipinski definition) is 5. The second-order valence-electron chi connectivity index (χ2n) is 10.2. The highest BCUT2D eigenvalue weighted by atomic mass is 16.5. The van der Waals surface area contributed by atoms with E-state index in [9.17, 15) is 14.4 Å². The van der Waals surface area contributed by atoms with Gasteiger partial charge in [0.1, 0.15) is 18.5 Å². The first-order valence-corrected chi connectivity index (χ1v) is 13.0. The summed E-state index contributed by atoms with van der Waals surface area (Å²) in [6.45, 7) is 2.94. The molecule has 5 rings (SSSR count). The zero-order chi connectivity index (χ0) is 25.9. The van der Waals surface area contributed by atoms with Crippen LogP contribution in [0.2, 0.25) is 0 Å². The highest BCUT2D eigenvalue weighted by Gasteiger charge is 2.39. The number of fused-ring (bicyclic) bond motifs is 2. The van der Waals surface area contributed by atoms with Crippen molar-refractivity contribution in [2.24, 2.45) is 5.92 Å². The number of para-hydroxylation sites is 1. The first-order valence-electron chi connectivity index (χ1n) is 13.0. The molecule has 2 fully saturated rings. The summed E-state index contributed by atoms with van der Waals surface area (Å²) in [4.78, 5) is 40.0. The van der Waals surface area contributed by atoms with Crippen LogP contribution in [0.1, 0.15) is 48.0 Å². The summed E-state index contributed by atoms with van der Waals surface area (Å²) >= 11 is 0. The molecule has 0 unspecified atom stereocenters. The lowest BCUT2D eigenvalue weighted by Crippen LogP contribution is -2.54. The number of rotatable bonds is 6. The molecule has 196 valence electrons. The topological polar surface area (TPSA) is 109 Å². The van der Waals surface area contributed by atoms with Crippen molar-refractivity contribution in [3.05, 3.63) is 53.6 Å². The molecule has 4 amide bonds. The van der Waals surface area contributed by atoms with Crippen LogP contribution in [0, 0.1) is 12.8 Å². The Morgan fingerprint density at radius 3 is 2.65 bits per heavy atom. The Hall–Kier alpha value is -3.59. The normalized spacial score (nSPS) is 23.0. The SMILES string of the molecule is Cc1ccccc1NC(=O)Nc1ccc2c(c1)C(=O)N(C)[C@@H]1CC[C@@H](CC(=O)NCC3CC3)O[C@@H]1CO2. The highest BCUT2D eigenvalue weighted by molar-refractivity contribution is 6.02.